The zero-order valence-corrected chi connectivity index (χ0v) is 18.8. The van der Waals surface area contributed by atoms with Crippen molar-refractivity contribution in [3.05, 3.63) is 62.5 Å². The Morgan fingerprint density at radius 2 is 1.80 bits per heavy atom. The molecule has 0 aromatic heterocycles. The first kappa shape index (κ1) is 25.6. The molecule has 1 aliphatic heterocycles. The molecule has 0 aliphatic carbocycles. The Morgan fingerprint density at radius 1 is 1.11 bits per heavy atom. The number of hydrogen-bond donors (Lipinski definition) is 0. The van der Waals surface area contributed by atoms with E-state index in [-0.39, 0.29) is 16.4 Å². The maximum Gasteiger partial charge on any atom is 0.416 e. The lowest BCUT2D eigenvalue weighted by atomic mass is 10.1. The minimum Gasteiger partial charge on any atom is -0.493 e. The van der Waals surface area contributed by atoms with E-state index < -0.39 is 51.8 Å². The highest BCUT2D eigenvalue weighted by Gasteiger charge is 2.37. The lowest BCUT2D eigenvalue weighted by Crippen LogP contribution is -2.34. The fraction of sp³-hybridized carbons (Fsp3) is 0.190. The zero-order chi connectivity index (χ0) is 25.9. The van der Waals surface area contributed by atoms with Gasteiger partial charge in [-0.1, -0.05) is 6.07 Å². The summed E-state index contributed by atoms with van der Waals surface area (Å²) in [6.07, 6.45) is -3.42. The minimum absolute atomic E-state index is 0.0213. The maximum absolute atomic E-state index is 12.9. The number of alkyl halides is 3. The number of hydrogen-bond acceptors (Lipinski definition) is 9. The van der Waals surface area contributed by atoms with E-state index >= 15 is 0 Å². The number of methoxy groups -OCH3 is 2. The molecule has 1 heterocycles. The van der Waals surface area contributed by atoms with Gasteiger partial charge >= 0.3 is 17.8 Å². The number of nitrogens with zero attached hydrogens (tertiary/aromatic N) is 2. The Labute approximate surface area is 199 Å². The summed E-state index contributed by atoms with van der Waals surface area (Å²) in [5.74, 6) is -1.93. The number of imide groups is 1. The van der Waals surface area contributed by atoms with Gasteiger partial charge in [-0.3, -0.25) is 29.4 Å². The van der Waals surface area contributed by atoms with Crippen molar-refractivity contribution in [3.63, 3.8) is 0 Å². The Hall–Kier alpha value is -4.07. The first-order valence-electron chi connectivity index (χ1n) is 9.48. The molecule has 2 aromatic carbocycles. The third-order valence-corrected chi connectivity index (χ3v) is 5.48. The lowest BCUT2D eigenvalue weighted by Gasteiger charge is -2.13. The fourth-order valence-electron chi connectivity index (χ4n) is 2.88. The molecule has 0 atom stereocenters. The number of esters is 1. The smallest absolute Gasteiger partial charge is 0.416 e. The van der Waals surface area contributed by atoms with E-state index in [1.807, 2.05) is 0 Å². The van der Waals surface area contributed by atoms with E-state index in [1.165, 1.54) is 31.4 Å². The molecule has 0 saturated carbocycles. The van der Waals surface area contributed by atoms with Crippen LogP contribution in [0.2, 0.25) is 0 Å². The summed E-state index contributed by atoms with van der Waals surface area (Å²) in [7, 11) is 2.38. The standard InChI is InChI=1S/C21H15F3N2O8S/c1-32-16-7-11(8-17-19(28)25(20(29)35-17)10-18(27)33-2)3-5-15(16)34-14-6-4-12(21(22,23)24)9-13(14)26(30)31/h3-9H,10H2,1-2H3/b17-8-. The van der Waals surface area contributed by atoms with Gasteiger partial charge in [0, 0.05) is 6.07 Å². The first-order valence-corrected chi connectivity index (χ1v) is 10.3. The van der Waals surface area contributed by atoms with Gasteiger partial charge in [-0.05, 0) is 47.7 Å². The summed E-state index contributed by atoms with van der Waals surface area (Å²) in [6, 6.07) is 5.98. The molecule has 35 heavy (non-hydrogen) atoms. The van der Waals surface area contributed by atoms with Crippen molar-refractivity contribution in [2.45, 2.75) is 6.18 Å². The second kappa shape index (κ2) is 10.0. The second-order valence-electron chi connectivity index (χ2n) is 6.79. The van der Waals surface area contributed by atoms with Crippen LogP contribution in [0, 0.1) is 10.1 Å². The third kappa shape index (κ3) is 5.71. The number of carbonyl (C=O) groups is 3. The van der Waals surface area contributed by atoms with Crippen LogP contribution >= 0.6 is 11.8 Å². The zero-order valence-electron chi connectivity index (χ0n) is 18.0. The number of carbonyl (C=O) groups excluding carboxylic acids is 3. The molecule has 1 fully saturated rings. The molecule has 10 nitrogen and oxygen atoms in total. The molecule has 0 bridgehead atoms. The number of thioether (sulfide) groups is 1. The number of amides is 2. The van der Waals surface area contributed by atoms with Crippen LogP contribution in [0.4, 0.5) is 23.7 Å². The monoisotopic (exact) mass is 512 g/mol. The highest BCUT2D eigenvalue weighted by Crippen LogP contribution is 2.41. The van der Waals surface area contributed by atoms with Gasteiger partial charge in [0.25, 0.3) is 11.1 Å². The number of ether oxygens (including phenoxy) is 3. The topological polar surface area (TPSA) is 125 Å². The Bertz CT molecular complexity index is 1250. The molecule has 0 unspecified atom stereocenters. The van der Waals surface area contributed by atoms with Gasteiger partial charge in [0.05, 0.1) is 29.6 Å². The van der Waals surface area contributed by atoms with Gasteiger partial charge in [0.15, 0.2) is 11.5 Å². The number of halogens is 3. The number of nitro benzene ring substituents is 1. The van der Waals surface area contributed by atoms with Gasteiger partial charge in [-0.2, -0.15) is 13.2 Å². The van der Waals surface area contributed by atoms with Crippen molar-refractivity contribution in [2.24, 2.45) is 0 Å². The summed E-state index contributed by atoms with van der Waals surface area (Å²) in [5, 5.41) is 10.6. The summed E-state index contributed by atoms with van der Waals surface area (Å²) in [5.41, 5.74) is -1.73. The summed E-state index contributed by atoms with van der Waals surface area (Å²) >= 11 is 0.610. The molecule has 3 rings (SSSR count). The van der Waals surface area contributed by atoms with Crippen LogP contribution in [-0.2, 0) is 20.5 Å². The molecule has 0 N–H and O–H groups in total. The van der Waals surface area contributed by atoms with Crippen LogP contribution in [0.5, 0.6) is 17.2 Å². The normalized spacial score (nSPS) is 14.9. The van der Waals surface area contributed by atoms with E-state index in [4.69, 9.17) is 9.47 Å². The van der Waals surface area contributed by atoms with Crippen molar-refractivity contribution < 1.29 is 46.7 Å². The van der Waals surface area contributed by atoms with Gasteiger partial charge in [0.1, 0.15) is 6.54 Å². The van der Waals surface area contributed by atoms with Crippen molar-refractivity contribution in [2.75, 3.05) is 20.8 Å². The van der Waals surface area contributed by atoms with E-state index in [9.17, 15) is 37.7 Å². The average molecular weight is 512 g/mol. The summed E-state index contributed by atoms with van der Waals surface area (Å²) in [6.45, 7) is -0.541. The Balaban J connectivity index is 1.89. The van der Waals surface area contributed by atoms with E-state index in [0.29, 0.717) is 29.5 Å². The van der Waals surface area contributed by atoms with Crippen LogP contribution in [-0.4, -0.2) is 47.7 Å². The number of benzene rings is 2. The summed E-state index contributed by atoms with van der Waals surface area (Å²) < 4.78 is 53.9. The molecule has 0 radical (unpaired) electrons. The highest BCUT2D eigenvalue weighted by molar-refractivity contribution is 8.18. The maximum atomic E-state index is 12.9. The highest BCUT2D eigenvalue weighted by atomic mass is 32.2. The molecule has 1 aliphatic rings. The SMILES string of the molecule is COC(=O)CN1C(=O)S/C(=C\c2ccc(Oc3ccc(C(F)(F)F)cc3[N+](=O)[O-])c(OC)c2)C1=O. The molecule has 184 valence electrons. The quantitative estimate of drug-likeness (QED) is 0.226. The predicted octanol–water partition coefficient (Wildman–Crippen LogP) is 4.62. The molecule has 2 amide bonds. The number of nitro groups is 1. The van der Waals surface area contributed by atoms with E-state index in [0.717, 1.165) is 18.1 Å². The van der Waals surface area contributed by atoms with E-state index in [1.54, 1.807) is 0 Å². The Morgan fingerprint density at radius 3 is 2.40 bits per heavy atom. The fourth-order valence-corrected chi connectivity index (χ4v) is 3.72. The van der Waals surface area contributed by atoms with Gasteiger partial charge in [0.2, 0.25) is 5.75 Å². The van der Waals surface area contributed by atoms with Crippen LogP contribution in [0.3, 0.4) is 0 Å². The molecule has 0 spiro atoms. The van der Waals surface area contributed by atoms with Gasteiger partial charge < -0.3 is 14.2 Å². The third-order valence-electron chi connectivity index (χ3n) is 4.58. The molecule has 1 saturated heterocycles. The van der Waals surface area contributed by atoms with Gasteiger partial charge in [-0.15, -0.1) is 0 Å². The minimum atomic E-state index is -4.78. The average Bonchev–Trinajstić information content (AvgIpc) is 3.06. The predicted molar refractivity (Wildman–Crippen MR) is 116 cm³/mol. The van der Waals surface area contributed by atoms with Crippen LogP contribution in [0.1, 0.15) is 11.1 Å². The van der Waals surface area contributed by atoms with Crippen molar-refractivity contribution in [3.8, 4) is 17.2 Å². The van der Waals surface area contributed by atoms with Crippen molar-refractivity contribution >= 4 is 40.6 Å². The molecular formula is C21H15F3N2O8S. The second-order valence-corrected chi connectivity index (χ2v) is 7.79. The van der Waals surface area contributed by atoms with E-state index in [2.05, 4.69) is 4.74 Å². The summed E-state index contributed by atoms with van der Waals surface area (Å²) in [4.78, 5) is 46.9. The van der Waals surface area contributed by atoms with Crippen molar-refractivity contribution in [1.82, 2.24) is 4.90 Å². The van der Waals surface area contributed by atoms with Crippen LogP contribution in [0.15, 0.2) is 41.3 Å². The van der Waals surface area contributed by atoms with Crippen LogP contribution < -0.4 is 9.47 Å². The molecule has 2 aromatic rings. The van der Waals surface area contributed by atoms with Crippen molar-refractivity contribution in [1.29, 1.82) is 0 Å². The molecule has 14 heteroatoms. The first-order chi connectivity index (χ1) is 16.4. The number of rotatable bonds is 7. The van der Waals surface area contributed by atoms with Gasteiger partial charge in [-0.25, -0.2) is 0 Å². The Kier molecular flexibility index (Phi) is 7.34. The molecular weight excluding hydrogens is 497 g/mol. The van der Waals surface area contributed by atoms with Crippen LogP contribution in [0.25, 0.3) is 6.08 Å². The lowest BCUT2D eigenvalue weighted by molar-refractivity contribution is -0.385. The largest absolute Gasteiger partial charge is 0.493 e.